The number of thioether (sulfide) groups is 1. The quantitative estimate of drug-likeness (QED) is 0.828. The monoisotopic (exact) mass is 220 g/mol. The number of rotatable bonds is 2. The lowest BCUT2D eigenvalue weighted by Crippen LogP contribution is -2.39. The van der Waals surface area contributed by atoms with Crippen LogP contribution in [0.25, 0.3) is 0 Å². The molecule has 0 unspecified atom stereocenters. The zero-order chi connectivity index (χ0) is 10.1. The van der Waals surface area contributed by atoms with Gasteiger partial charge in [0.05, 0.1) is 5.03 Å². The molecule has 2 bridgehead atoms. The van der Waals surface area contributed by atoms with Crippen LogP contribution in [0.1, 0.15) is 25.7 Å². The Kier molecular flexibility index (Phi) is 2.67. The third-order valence-electron chi connectivity index (χ3n) is 3.35. The number of pyridine rings is 1. The lowest BCUT2D eigenvalue weighted by molar-refractivity contribution is 0.414. The minimum Gasteiger partial charge on any atom is -0.311 e. The first-order valence-corrected chi connectivity index (χ1v) is 6.62. The molecular weight excluding hydrogens is 204 g/mol. The van der Waals surface area contributed by atoms with Crippen LogP contribution in [0.2, 0.25) is 0 Å². The molecule has 80 valence electrons. The Bertz CT molecular complexity index is 316. The Morgan fingerprint density at radius 3 is 2.67 bits per heavy atom. The predicted octanol–water partition coefficient (Wildman–Crippen LogP) is 2.46. The van der Waals surface area contributed by atoms with E-state index in [1.807, 2.05) is 24.0 Å². The molecule has 1 aromatic heterocycles. The molecule has 1 N–H and O–H groups in total. The van der Waals surface area contributed by atoms with Crippen molar-refractivity contribution in [3.8, 4) is 0 Å². The van der Waals surface area contributed by atoms with Gasteiger partial charge in [-0.05, 0) is 37.8 Å². The molecule has 2 fully saturated rings. The number of aromatic nitrogens is 1. The smallest absolute Gasteiger partial charge is 0.0962 e. The summed E-state index contributed by atoms with van der Waals surface area (Å²) < 4.78 is 0. The standard InChI is InChI=1S/C12H16N2S/c1-2-6-13-12(3-1)15-11-7-9-4-5-10(8-11)14-9/h1-3,6,9-11,14H,4-5,7-8H2/t9-,10-/m1/s1. The Balaban J connectivity index is 1.65. The summed E-state index contributed by atoms with van der Waals surface area (Å²) in [6, 6.07) is 7.74. The third-order valence-corrected chi connectivity index (χ3v) is 4.56. The van der Waals surface area contributed by atoms with Gasteiger partial charge in [0.15, 0.2) is 0 Å². The summed E-state index contributed by atoms with van der Waals surface area (Å²) in [5.74, 6) is 0. The van der Waals surface area contributed by atoms with Gasteiger partial charge in [0.1, 0.15) is 0 Å². The first kappa shape index (κ1) is 9.67. The van der Waals surface area contributed by atoms with Crippen LogP contribution in [-0.4, -0.2) is 22.3 Å². The van der Waals surface area contributed by atoms with Crippen molar-refractivity contribution >= 4 is 11.8 Å². The van der Waals surface area contributed by atoms with E-state index in [0.29, 0.717) is 0 Å². The Morgan fingerprint density at radius 1 is 1.20 bits per heavy atom. The van der Waals surface area contributed by atoms with Crippen molar-refractivity contribution in [3.63, 3.8) is 0 Å². The van der Waals surface area contributed by atoms with Crippen LogP contribution in [0.15, 0.2) is 29.4 Å². The van der Waals surface area contributed by atoms with Gasteiger partial charge in [0.25, 0.3) is 0 Å². The molecule has 2 saturated heterocycles. The second-order valence-electron chi connectivity index (χ2n) is 4.52. The van der Waals surface area contributed by atoms with Crippen LogP contribution < -0.4 is 5.32 Å². The van der Waals surface area contributed by atoms with Crippen molar-refractivity contribution in [2.75, 3.05) is 0 Å². The van der Waals surface area contributed by atoms with Crippen molar-refractivity contribution in [1.29, 1.82) is 0 Å². The predicted molar refractivity (Wildman–Crippen MR) is 63.1 cm³/mol. The summed E-state index contributed by atoms with van der Waals surface area (Å²) in [5, 5.41) is 5.63. The van der Waals surface area contributed by atoms with Gasteiger partial charge >= 0.3 is 0 Å². The number of nitrogens with zero attached hydrogens (tertiary/aromatic N) is 1. The van der Waals surface area contributed by atoms with Gasteiger partial charge in [-0.25, -0.2) is 4.98 Å². The highest BCUT2D eigenvalue weighted by Crippen LogP contribution is 2.36. The molecule has 2 aliphatic heterocycles. The lowest BCUT2D eigenvalue weighted by Gasteiger charge is -2.28. The lowest BCUT2D eigenvalue weighted by atomic mass is 10.1. The van der Waals surface area contributed by atoms with E-state index >= 15 is 0 Å². The van der Waals surface area contributed by atoms with E-state index in [-0.39, 0.29) is 0 Å². The van der Waals surface area contributed by atoms with Crippen LogP contribution in [0.3, 0.4) is 0 Å². The fraction of sp³-hybridized carbons (Fsp3) is 0.583. The maximum atomic E-state index is 4.39. The van der Waals surface area contributed by atoms with Gasteiger partial charge < -0.3 is 5.32 Å². The van der Waals surface area contributed by atoms with Gasteiger partial charge in [0.2, 0.25) is 0 Å². The average Bonchev–Trinajstić information content (AvgIpc) is 2.60. The Labute approximate surface area is 94.9 Å². The molecule has 0 radical (unpaired) electrons. The summed E-state index contributed by atoms with van der Waals surface area (Å²) in [7, 11) is 0. The van der Waals surface area contributed by atoms with Crippen LogP contribution in [0.5, 0.6) is 0 Å². The van der Waals surface area contributed by atoms with Crippen molar-refractivity contribution in [2.24, 2.45) is 0 Å². The van der Waals surface area contributed by atoms with Gasteiger partial charge in [-0.3, -0.25) is 0 Å². The summed E-state index contributed by atoms with van der Waals surface area (Å²) in [4.78, 5) is 4.39. The second-order valence-corrected chi connectivity index (χ2v) is 5.84. The first-order chi connectivity index (χ1) is 7.40. The fourth-order valence-electron chi connectivity index (χ4n) is 2.69. The van der Waals surface area contributed by atoms with Crippen LogP contribution in [0.4, 0.5) is 0 Å². The van der Waals surface area contributed by atoms with E-state index in [1.165, 1.54) is 30.7 Å². The SMILES string of the molecule is c1ccc(SC2C[C@H]3CC[C@H](C2)N3)nc1. The number of hydrogen-bond donors (Lipinski definition) is 1. The van der Waals surface area contributed by atoms with Gasteiger partial charge in [-0.2, -0.15) is 0 Å². The minimum absolute atomic E-state index is 0.777. The maximum Gasteiger partial charge on any atom is 0.0962 e. The summed E-state index contributed by atoms with van der Waals surface area (Å²) in [5.41, 5.74) is 0. The molecule has 0 aliphatic carbocycles. The van der Waals surface area contributed by atoms with Crippen LogP contribution in [0, 0.1) is 0 Å². The van der Waals surface area contributed by atoms with E-state index in [1.54, 1.807) is 0 Å². The third kappa shape index (κ3) is 2.18. The van der Waals surface area contributed by atoms with E-state index in [4.69, 9.17) is 0 Å². The summed E-state index contributed by atoms with van der Waals surface area (Å²) >= 11 is 1.96. The van der Waals surface area contributed by atoms with E-state index in [2.05, 4.69) is 22.4 Å². The van der Waals surface area contributed by atoms with Gasteiger partial charge in [-0.1, -0.05) is 6.07 Å². The summed E-state index contributed by atoms with van der Waals surface area (Å²) in [6.07, 6.45) is 7.28. The zero-order valence-corrected chi connectivity index (χ0v) is 9.54. The average molecular weight is 220 g/mol. The molecule has 2 atom stereocenters. The molecule has 0 aromatic carbocycles. The van der Waals surface area contributed by atoms with E-state index in [0.717, 1.165) is 17.3 Å². The number of piperidine rings is 1. The molecule has 0 saturated carbocycles. The Morgan fingerprint density at radius 2 is 2.00 bits per heavy atom. The number of nitrogens with one attached hydrogen (secondary N) is 1. The van der Waals surface area contributed by atoms with Crippen molar-refractivity contribution < 1.29 is 0 Å². The number of hydrogen-bond acceptors (Lipinski definition) is 3. The molecular formula is C12H16N2S. The molecule has 2 aliphatic rings. The topological polar surface area (TPSA) is 24.9 Å². The molecule has 2 nitrogen and oxygen atoms in total. The normalized spacial score (nSPS) is 34.3. The second kappa shape index (κ2) is 4.14. The maximum absolute atomic E-state index is 4.39. The van der Waals surface area contributed by atoms with Crippen LogP contribution >= 0.6 is 11.8 Å². The summed E-state index contributed by atoms with van der Waals surface area (Å²) in [6.45, 7) is 0. The minimum atomic E-state index is 0.777. The zero-order valence-electron chi connectivity index (χ0n) is 8.73. The molecule has 0 spiro atoms. The highest BCUT2D eigenvalue weighted by molar-refractivity contribution is 7.99. The highest BCUT2D eigenvalue weighted by atomic mass is 32.2. The Hall–Kier alpha value is -0.540. The largest absolute Gasteiger partial charge is 0.311 e. The molecule has 3 heterocycles. The fourth-order valence-corrected chi connectivity index (χ4v) is 3.97. The molecule has 3 rings (SSSR count). The highest BCUT2D eigenvalue weighted by Gasteiger charge is 2.33. The first-order valence-electron chi connectivity index (χ1n) is 5.74. The molecule has 1 aromatic rings. The number of fused-ring (bicyclic) bond motifs is 2. The molecule has 3 heteroatoms. The molecule has 15 heavy (non-hydrogen) atoms. The van der Waals surface area contributed by atoms with Crippen molar-refractivity contribution in [2.45, 2.75) is 48.0 Å². The van der Waals surface area contributed by atoms with Gasteiger partial charge in [-0.15, -0.1) is 11.8 Å². The van der Waals surface area contributed by atoms with Crippen molar-refractivity contribution in [3.05, 3.63) is 24.4 Å². The van der Waals surface area contributed by atoms with Crippen LogP contribution in [-0.2, 0) is 0 Å². The molecule has 0 amide bonds. The van der Waals surface area contributed by atoms with E-state index < -0.39 is 0 Å². The van der Waals surface area contributed by atoms with E-state index in [9.17, 15) is 0 Å². The van der Waals surface area contributed by atoms with Gasteiger partial charge in [0, 0.05) is 23.5 Å². The van der Waals surface area contributed by atoms with Crippen molar-refractivity contribution in [1.82, 2.24) is 10.3 Å².